The second kappa shape index (κ2) is 7.86. The van der Waals surface area contributed by atoms with Crippen molar-refractivity contribution in [2.45, 2.75) is 87.5 Å². The van der Waals surface area contributed by atoms with Gasteiger partial charge in [-0.3, -0.25) is 8.76 Å². The fourth-order valence-corrected chi connectivity index (χ4v) is 10.1. The lowest BCUT2D eigenvalue weighted by molar-refractivity contribution is -0.0327. The molecule has 11 unspecified atom stereocenters. The monoisotopic (exact) mass is 443 g/mol. The molecule has 0 aromatic heterocycles. The van der Waals surface area contributed by atoms with Gasteiger partial charge in [0.15, 0.2) is 0 Å². The van der Waals surface area contributed by atoms with E-state index in [1.165, 1.54) is 32.1 Å². The van der Waals surface area contributed by atoms with Gasteiger partial charge in [-0.15, -0.1) is 0 Å². The Morgan fingerprint density at radius 1 is 0.621 bits per heavy atom. The van der Waals surface area contributed by atoms with Crippen LogP contribution in [0, 0.1) is 47.3 Å². The predicted molar refractivity (Wildman–Crippen MR) is 111 cm³/mol. The molecule has 5 nitrogen and oxygen atoms in total. The molecule has 0 radical (unpaired) electrons. The minimum atomic E-state index is -3.89. The summed E-state index contributed by atoms with van der Waals surface area (Å²) in [6.45, 7) is 0. The number of rotatable bonds is 2. The highest BCUT2D eigenvalue weighted by Gasteiger charge is 2.49. The van der Waals surface area contributed by atoms with Gasteiger partial charge in [-0.05, 0) is 124 Å². The van der Waals surface area contributed by atoms with Crippen molar-refractivity contribution < 1.29 is 21.7 Å². The van der Waals surface area contributed by atoms with E-state index in [-0.39, 0.29) is 5.25 Å². The summed E-state index contributed by atoms with van der Waals surface area (Å²) in [5, 5.41) is -0.647. The van der Waals surface area contributed by atoms with Gasteiger partial charge in [0.25, 0.3) is 10.1 Å². The molecule has 5 aliphatic carbocycles. The Hall–Kier alpha value is 0.0200. The van der Waals surface area contributed by atoms with Gasteiger partial charge in [0.05, 0.1) is 5.25 Å². The van der Waals surface area contributed by atoms with Gasteiger partial charge >= 0.3 is 0 Å². The Labute approximate surface area is 177 Å². The van der Waals surface area contributed by atoms with Gasteiger partial charge < -0.3 is 4.55 Å². The SMILES string of the molecule is O=S([O-])C1CCC2CC3CC4CC5CC(S(=O)(=O)O)CCC5CC4CC3CC2C1. The van der Waals surface area contributed by atoms with E-state index in [0.717, 1.165) is 61.7 Å². The molecule has 1 N–H and O–H groups in total. The summed E-state index contributed by atoms with van der Waals surface area (Å²) < 4.78 is 55.7. The van der Waals surface area contributed by atoms with Crippen LogP contribution in [-0.2, 0) is 21.2 Å². The van der Waals surface area contributed by atoms with Crippen LogP contribution in [0.4, 0.5) is 0 Å². The van der Waals surface area contributed by atoms with Crippen LogP contribution >= 0.6 is 0 Å². The lowest BCUT2D eigenvalue weighted by atomic mass is 9.52. The first kappa shape index (κ1) is 20.9. The van der Waals surface area contributed by atoms with Crippen LogP contribution in [0.5, 0.6) is 0 Å². The molecule has 0 spiro atoms. The highest BCUT2D eigenvalue weighted by Crippen LogP contribution is 2.58. The van der Waals surface area contributed by atoms with E-state index in [2.05, 4.69) is 0 Å². The van der Waals surface area contributed by atoms with E-state index >= 15 is 0 Å². The molecule has 0 saturated heterocycles. The molecule has 0 heterocycles. The zero-order valence-electron chi connectivity index (χ0n) is 17.2. The van der Waals surface area contributed by atoms with Crippen molar-refractivity contribution in [3.8, 4) is 0 Å². The van der Waals surface area contributed by atoms with Crippen LogP contribution < -0.4 is 0 Å². The molecule has 7 heteroatoms. The fraction of sp³-hybridized carbons (Fsp3) is 1.00. The Morgan fingerprint density at radius 2 is 1.03 bits per heavy atom. The number of fused-ring (bicyclic) bond motifs is 4. The van der Waals surface area contributed by atoms with E-state index in [4.69, 9.17) is 0 Å². The molecule has 29 heavy (non-hydrogen) atoms. The first-order chi connectivity index (χ1) is 13.8. The van der Waals surface area contributed by atoms with Gasteiger partial charge in [-0.2, -0.15) is 8.42 Å². The molecule has 0 bridgehead atoms. The maximum atomic E-state index is 11.6. The highest BCUT2D eigenvalue weighted by molar-refractivity contribution is 7.86. The molecule has 0 aliphatic heterocycles. The Kier molecular flexibility index (Phi) is 5.66. The maximum Gasteiger partial charge on any atom is 0.267 e. The van der Waals surface area contributed by atoms with Crippen LogP contribution in [0.1, 0.15) is 77.0 Å². The molecule has 5 rings (SSSR count). The van der Waals surface area contributed by atoms with E-state index in [0.29, 0.717) is 30.6 Å². The molecule has 5 aliphatic rings. The molecule has 0 aromatic carbocycles. The normalized spacial score (nSPS) is 51.1. The summed E-state index contributed by atoms with van der Waals surface area (Å²) in [6, 6.07) is 0. The topological polar surface area (TPSA) is 94.5 Å². The Morgan fingerprint density at radius 3 is 1.52 bits per heavy atom. The predicted octanol–water partition coefficient (Wildman–Crippen LogP) is 4.17. The lowest BCUT2D eigenvalue weighted by Gasteiger charge is -2.54. The summed E-state index contributed by atoms with van der Waals surface area (Å²) >= 11 is -1.91. The standard InChI is InChI=1S/C22H36O5S2/c23-28(24)21-3-1-13-5-15-8-18-10-20-12-22(29(25,26)27)4-2-14(20)6-16(18)7-17(15)9-19(13)11-21/h13-22H,1-12H2,(H,23,24)(H,25,26,27)/p-1. The van der Waals surface area contributed by atoms with Gasteiger partial charge in [-0.1, -0.05) is 11.1 Å². The molecule has 5 saturated carbocycles. The van der Waals surface area contributed by atoms with E-state index < -0.39 is 26.4 Å². The van der Waals surface area contributed by atoms with Gasteiger partial charge in [-0.25, -0.2) is 0 Å². The molecule has 166 valence electrons. The van der Waals surface area contributed by atoms with Gasteiger partial charge in [0.1, 0.15) is 0 Å². The lowest BCUT2D eigenvalue weighted by Crippen LogP contribution is -2.46. The largest absolute Gasteiger partial charge is 0.772 e. The smallest absolute Gasteiger partial charge is 0.267 e. The third kappa shape index (κ3) is 4.10. The third-order valence-electron chi connectivity index (χ3n) is 9.84. The van der Waals surface area contributed by atoms with E-state index in [1.54, 1.807) is 0 Å². The van der Waals surface area contributed by atoms with Crippen LogP contribution in [0.3, 0.4) is 0 Å². The number of hydrogen-bond donors (Lipinski definition) is 1. The molecule has 11 atom stereocenters. The van der Waals surface area contributed by atoms with Crippen molar-refractivity contribution in [3.05, 3.63) is 0 Å². The third-order valence-corrected chi connectivity index (χ3v) is 12.1. The molecule has 0 aromatic rings. The second-order valence-corrected chi connectivity index (χ2v) is 14.0. The van der Waals surface area contributed by atoms with Crippen LogP contribution in [0.2, 0.25) is 0 Å². The van der Waals surface area contributed by atoms with Crippen molar-refractivity contribution in [1.29, 1.82) is 0 Å². The summed E-state index contributed by atoms with van der Waals surface area (Å²) in [4.78, 5) is 0. The first-order valence-electron chi connectivity index (χ1n) is 11.8. The summed E-state index contributed by atoms with van der Waals surface area (Å²) in [5.74, 6) is 5.56. The highest BCUT2D eigenvalue weighted by atomic mass is 32.2. The fourth-order valence-electron chi connectivity index (χ4n) is 8.47. The minimum absolute atomic E-state index is 0.113. The van der Waals surface area contributed by atoms with Gasteiger partial charge in [0, 0.05) is 5.25 Å². The summed E-state index contributed by atoms with van der Waals surface area (Å²) in [6.07, 6.45) is 12.6. The number of hydrogen-bond acceptors (Lipinski definition) is 4. The summed E-state index contributed by atoms with van der Waals surface area (Å²) in [5.41, 5.74) is 0. The van der Waals surface area contributed by atoms with Crippen molar-refractivity contribution in [2.75, 3.05) is 0 Å². The second-order valence-electron chi connectivity index (χ2n) is 11.1. The quantitative estimate of drug-likeness (QED) is 0.510. The Balaban J connectivity index is 1.24. The Bertz CT molecular complexity index is 752. The average molecular weight is 444 g/mol. The van der Waals surface area contributed by atoms with Crippen molar-refractivity contribution in [2.24, 2.45) is 47.3 Å². The van der Waals surface area contributed by atoms with Crippen molar-refractivity contribution in [3.63, 3.8) is 0 Å². The minimum Gasteiger partial charge on any atom is -0.772 e. The van der Waals surface area contributed by atoms with Crippen molar-refractivity contribution >= 4 is 21.2 Å². The summed E-state index contributed by atoms with van der Waals surface area (Å²) in [7, 11) is -3.89. The van der Waals surface area contributed by atoms with E-state index in [1.807, 2.05) is 0 Å². The maximum absolute atomic E-state index is 11.6. The molecule has 0 amide bonds. The van der Waals surface area contributed by atoms with Crippen LogP contribution in [0.25, 0.3) is 0 Å². The zero-order valence-corrected chi connectivity index (χ0v) is 18.8. The molecular formula is C22H35O5S2-. The van der Waals surface area contributed by atoms with Crippen LogP contribution in [0.15, 0.2) is 0 Å². The van der Waals surface area contributed by atoms with E-state index in [9.17, 15) is 21.7 Å². The zero-order chi connectivity index (χ0) is 20.3. The first-order valence-corrected chi connectivity index (χ1v) is 14.5. The van der Waals surface area contributed by atoms with Gasteiger partial charge in [0.2, 0.25) is 0 Å². The molecule has 5 fully saturated rings. The van der Waals surface area contributed by atoms with Crippen LogP contribution in [-0.4, -0.2) is 32.2 Å². The van der Waals surface area contributed by atoms with Crippen molar-refractivity contribution in [1.82, 2.24) is 0 Å². The molecular weight excluding hydrogens is 408 g/mol. The average Bonchev–Trinajstić information content (AvgIpc) is 2.67.